The van der Waals surface area contributed by atoms with Crippen molar-refractivity contribution in [2.24, 2.45) is 17.8 Å². The van der Waals surface area contributed by atoms with Crippen molar-refractivity contribution in [3.8, 4) is 11.8 Å². The van der Waals surface area contributed by atoms with Crippen LogP contribution in [0.2, 0.25) is 0 Å². The Morgan fingerprint density at radius 3 is 2.68 bits per heavy atom. The van der Waals surface area contributed by atoms with Crippen LogP contribution in [0, 0.1) is 29.6 Å². The predicted octanol–water partition coefficient (Wildman–Crippen LogP) is 1.26. The molecule has 2 heterocycles. The first-order valence-corrected chi connectivity index (χ1v) is 9.13. The number of rotatable bonds is 4. The van der Waals surface area contributed by atoms with Crippen LogP contribution in [0.15, 0.2) is 0 Å². The average Bonchev–Trinajstić information content (AvgIpc) is 3.17. The number of hydrogen-bond donors (Lipinski definition) is 1. The normalized spacial score (nSPS) is 38.1. The van der Waals surface area contributed by atoms with E-state index < -0.39 is 5.54 Å². The first-order chi connectivity index (χ1) is 11.8. The molecule has 0 saturated carbocycles. The van der Waals surface area contributed by atoms with Gasteiger partial charge in [0.05, 0.1) is 12.6 Å². The van der Waals surface area contributed by atoms with Crippen LogP contribution < -0.4 is 5.32 Å². The molecule has 3 aliphatic rings. The van der Waals surface area contributed by atoms with E-state index in [0.717, 1.165) is 30.7 Å². The van der Waals surface area contributed by atoms with E-state index in [-0.39, 0.29) is 48.1 Å². The molecule has 0 aromatic carbocycles. The molecule has 25 heavy (non-hydrogen) atoms. The molecule has 3 rings (SSSR count). The topological polar surface area (TPSA) is 69.7 Å². The van der Waals surface area contributed by atoms with Crippen LogP contribution in [-0.2, 0) is 9.59 Å². The molecule has 0 aromatic heterocycles. The van der Waals surface area contributed by atoms with Crippen LogP contribution in [0.3, 0.4) is 0 Å². The monoisotopic (exact) mass is 345 g/mol. The minimum atomic E-state index is -0.941. The zero-order chi connectivity index (χ0) is 18.4. The molecule has 0 radical (unpaired) electrons. The van der Waals surface area contributed by atoms with Crippen molar-refractivity contribution in [3.63, 3.8) is 0 Å². The molecule has 0 aromatic rings. The van der Waals surface area contributed by atoms with Gasteiger partial charge in [-0.2, -0.15) is 0 Å². The van der Waals surface area contributed by atoms with Crippen molar-refractivity contribution in [1.29, 1.82) is 0 Å². The molecule has 2 aliphatic heterocycles. The lowest BCUT2D eigenvalue weighted by Gasteiger charge is -2.40. The van der Waals surface area contributed by atoms with Gasteiger partial charge in [0.2, 0.25) is 0 Å². The Morgan fingerprint density at radius 1 is 1.32 bits per heavy atom. The highest BCUT2D eigenvalue weighted by Crippen LogP contribution is 2.41. The van der Waals surface area contributed by atoms with Crippen LogP contribution in [-0.4, -0.2) is 59.2 Å². The van der Waals surface area contributed by atoms with E-state index in [2.05, 4.69) is 17.2 Å². The van der Waals surface area contributed by atoms with E-state index in [9.17, 15) is 14.4 Å². The van der Waals surface area contributed by atoms with Gasteiger partial charge >= 0.3 is 6.03 Å². The Balaban J connectivity index is 1.82. The minimum Gasteiger partial charge on any atom is -0.313 e. The average molecular weight is 345 g/mol. The molecule has 136 valence electrons. The highest BCUT2D eigenvalue weighted by Gasteiger charge is 2.58. The number of urea groups is 1. The lowest BCUT2D eigenvalue weighted by atomic mass is 9.70. The smallest absolute Gasteiger partial charge is 0.313 e. The van der Waals surface area contributed by atoms with E-state index in [4.69, 9.17) is 0 Å². The zero-order valence-corrected chi connectivity index (χ0v) is 15.5. The Bertz CT molecular complexity index is 659. The summed E-state index contributed by atoms with van der Waals surface area (Å²) in [6, 6.07) is -0.616. The fourth-order valence-corrected chi connectivity index (χ4v) is 4.39. The number of hydrogen-bond acceptors (Lipinski definition) is 4. The Kier molecular flexibility index (Phi) is 4.63. The molecule has 1 aliphatic carbocycles. The SMILES string of the molecule is C[C@@H]1C#C[C@H](C)C(C2(C)C(=O)N(CC(=O)C3CCCN3)C(=O)N2C)C1. The van der Waals surface area contributed by atoms with E-state index in [0.29, 0.717) is 0 Å². The number of amides is 3. The predicted molar refractivity (Wildman–Crippen MR) is 93.5 cm³/mol. The van der Waals surface area contributed by atoms with Gasteiger partial charge in [0, 0.05) is 24.8 Å². The van der Waals surface area contributed by atoms with Crippen LogP contribution in [0.1, 0.15) is 40.0 Å². The largest absolute Gasteiger partial charge is 0.327 e. The standard InChI is InChI=1S/C19H27N3O3/c1-12-7-8-13(2)14(10-12)19(3)17(24)22(18(25)21(19)4)11-16(23)15-6-5-9-20-15/h12-15,20H,5-6,9-11H2,1-4H3/t12-,13+,14?,15?,19?/m1/s1. The number of nitrogens with zero attached hydrogens (tertiary/aromatic N) is 2. The molecule has 3 amide bonds. The number of ketones is 1. The van der Waals surface area contributed by atoms with Crippen molar-refractivity contribution < 1.29 is 14.4 Å². The molecule has 2 saturated heterocycles. The number of carbonyl (C=O) groups is 3. The molecule has 6 heteroatoms. The summed E-state index contributed by atoms with van der Waals surface area (Å²) in [7, 11) is 1.66. The minimum absolute atomic E-state index is 0.0325. The van der Waals surface area contributed by atoms with Gasteiger partial charge in [-0.3, -0.25) is 14.5 Å². The molecular formula is C19H27N3O3. The van der Waals surface area contributed by atoms with Gasteiger partial charge in [-0.15, -0.1) is 0 Å². The fourth-order valence-electron chi connectivity index (χ4n) is 4.39. The van der Waals surface area contributed by atoms with Crippen LogP contribution in [0.5, 0.6) is 0 Å². The summed E-state index contributed by atoms with van der Waals surface area (Å²) >= 11 is 0. The summed E-state index contributed by atoms with van der Waals surface area (Å²) in [5.41, 5.74) is -0.941. The van der Waals surface area contributed by atoms with Gasteiger partial charge in [0.25, 0.3) is 5.91 Å². The number of nitrogens with one attached hydrogen (secondary N) is 1. The summed E-state index contributed by atoms with van der Waals surface area (Å²) < 4.78 is 0. The maximum Gasteiger partial charge on any atom is 0.327 e. The molecular weight excluding hydrogens is 318 g/mol. The molecule has 2 fully saturated rings. The van der Waals surface area contributed by atoms with E-state index in [1.54, 1.807) is 7.05 Å². The Labute approximate surface area is 149 Å². The summed E-state index contributed by atoms with van der Waals surface area (Å²) in [4.78, 5) is 41.0. The van der Waals surface area contributed by atoms with Crippen LogP contribution in [0.25, 0.3) is 0 Å². The van der Waals surface area contributed by atoms with Gasteiger partial charge < -0.3 is 10.2 Å². The van der Waals surface area contributed by atoms with Gasteiger partial charge in [-0.25, -0.2) is 4.79 Å². The highest BCUT2D eigenvalue weighted by atomic mass is 16.2. The number of likely N-dealkylation sites (N-methyl/N-ethyl adjacent to an activating group) is 1. The molecule has 0 bridgehead atoms. The summed E-state index contributed by atoms with van der Waals surface area (Å²) in [6.45, 7) is 6.55. The van der Waals surface area contributed by atoms with E-state index in [1.165, 1.54) is 4.90 Å². The zero-order valence-electron chi connectivity index (χ0n) is 15.5. The first kappa shape index (κ1) is 17.9. The third-order valence-corrected chi connectivity index (χ3v) is 6.15. The van der Waals surface area contributed by atoms with E-state index in [1.807, 2.05) is 20.8 Å². The molecule has 1 N–H and O–H groups in total. The second kappa shape index (κ2) is 6.45. The summed E-state index contributed by atoms with van der Waals surface area (Å²) in [5, 5.41) is 3.14. The van der Waals surface area contributed by atoms with Crippen molar-refractivity contribution in [2.45, 2.75) is 51.6 Å². The lowest BCUT2D eigenvalue weighted by molar-refractivity contribution is -0.138. The molecule has 6 nitrogen and oxygen atoms in total. The third-order valence-electron chi connectivity index (χ3n) is 6.15. The molecule has 3 unspecified atom stereocenters. The number of imide groups is 1. The van der Waals surface area contributed by atoms with Gasteiger partial charge in [0.1, 0.15) is 5.54 Å². The highest BCUT2D eigenvalue weighted by molar-refractivity contribution is 6.09. The Hall–Kier alpha value is -1.87. The van der Waals surface area contributed by atoms with Gasteiger partial charge in [-0.05, 0) is 32.7 Å². The summed E-state index contributed by atoms with van der Waals surface area (Å²) in [6.07, 6.45) is 2.50. The lowest BCUT2D eigenvalue weighted by Crippen LogP contribution is -2.54. The van der Waals surface area contributed by atoms with Gasteiger partial charge in [-0.1, -0.05) is 25.7 Å². The van der Waals surface area contributed by atoms with Crippen molar-refractivity contribution in [1.82, 2.24) is 15.1 Å². The van der Waals surface area contributed by atoms with Crippen LogP contribution >= 0.6 is 0 Å². The number of carbonyl (C=O) groups excluding carboxylic acids is 3. The van der Waals surface area contributed by atoms with Gasteiger partial charge in [0.15, 0.2) is 5.78 Å². The Morgan fingerprint density at radius 2 is 2.04 bits per heavy atom. The second-order valence-corrected chi connectivity index (χ2v) is 7.82. The maximum absolute atomic E-state index is 13.2. The van der Waals surface area contributed by atoms with Crippen LogP contribution in [0.4, 0.5) is 4.79 Å². The van der Waals surface area contributed by atoms with Crippen molar-refractivity contribution in [3.05, 3.63) is 0 Å². The van der Waals surface area contributed by atoms with E-state index >= 15 is 0 Å². The third kappa shape index (κ3) is 2.85. The fraction of sp³-hybridized carbons (Fsp3) is 0.737. The van der Waals surface area contributed by atoms with Crippen molar-refractivity contribution >= 4 is 17.7 Å². The molecule has 5 atom stereocenters. The quantitative estimate of drug-likeness (QED) is 0.615. The summed E-state index contributed by atoms with van der Waals surface area (Å²) in [5.74, 6) is 6.25. The van der Waals surface area contributed by atoms with Crippen molar-refractivity contribution in [2.75, 3.05) is 20.1 Å². The number of Topliss-reactive ketones (excluding diaryl/α,β-unsaturated/α-hetero) is 1. The maximum atomic E-state index is 13.2. The molecule has 0 spiro atoms. The second-order valence-electron chi connectivity index (χ2n) is 7.82. The first-order valence-electron chi connectivity index (χ1n) is 9.13.